The van der Waals surface area contributed by atoms with Crippen molar-refractivity contribution < 1.29 is 4.79 Å². The summed E-state index contributed by atoms with van der Waals surface area (Å²) < 4.78 is 0. The fraction of sp³-hybridized carbons (Fsp3) is 0.100. The minimum Gasteiger partial charge on any atom is -0.269 e. The van der Waals surface area contributed by atoms with E-state index in [0.29, 0.717) is 11.4 Å². The summed E-state index contributed by atoms with van der Waals surface area (Å²) in [7, 11) is 0. The first-order valence-electron chi connectivity index (χ1n) is 8.07. The minimum atomic E-state index is -0.681. The number of amides is 1. The molecule has 1 aliphatic heterocycles. The molecule has 1 atom stereocenters. The van der Waals surface area contributed by atoms with Crippen molar-refractivity contribution in [3.8, 4) is 0 Å². The van der Waals surface area contributed by atoms with Gasteiger partial charge in [0.2, 0.25) is 0 Å². The van der Waals surface area contributed by atoms with Crippen LogP contribution in [0.2, 0.25) is 0 Å². The highest BCUT2D eigenvalue weighted by Gasteiger charge is 2.35. The zero-order chi connectivity index (χ0) is 17.2. The molecule has 0 fully saturated rings. The van der Waals surface area contributed by atoms with Gasteiger partial charge < -0.3 is 0 Å². The molecule has 1 aliphatic rings. The third-order valence-corrected chi connectivity index (χ3v) is 4.14. The van der Waals surface area contributed by atoms with Crippen LogP contribution in [0.15, 0.2) is 88.1 Å². The maximum Gasteiger partial charge on any atom is 0.280 e. The molecule has 3 aromatic carbocycles. The zero-order valence-electron chi connectivity index (χ0n) is 13.7. The molecule has 0 saturated carbocycles. The van der Waals surface area contributed by atoms with Gasteiger partial charge in [-0.2, -0.15) is 20.3 Å². The summed E-state index contributed by atoms with van der Waals surface area (Å²) in [6, 6.07) is 22.5. The lowest BCUT2D eigenvalue weighted by atomic mass is 10.1. The SMILES string of the molecule is CC1=NN(c2cccc3ccccc23)C(=O)[C@H]1N=Nc1ccccc1. The second-order valence-corrected chi connectivity index (χ2v) is 5.84. The number of azo groups is 1. The van der Waals surface area contributed by atoms with Crippen LogP contribution in [0.4, 0.5) is 11.4 Å². The van der Waals surface area contributed by atoms with E-state index >= 15 is 0 Å². The van der Waals surface area contributed by atoms with E-state index in [1.165, 1.54) is 5.01 Å². The summed E-state index contributed by atoms with van der Waals surface area (Å²) in [5, 5.41) is 16.3. The van der Waals surface area contributed by atoms with E-state index in [1.54, 1.807) is 6.92 Å². The number of hydrogen-bond acceptors (Lipinski definition) is 4. The first kappa shape index (κ1) is 15.2. The normalized spacial score (nSPS) is 17.5. The van der Waals surface area contributed by atoms with Gasteiger partial charge in [0.1, 0.15) is 0 Å². The number of carbonyl (C=O) groups is 1. The molecule has 0 aromatic heterocycles. The first-order valence-corrected chi connectivity index (χ1v) is 8.07. The summed E-state index contributed by atoms with van der Waals surface area (Å²) in [4.78, 5) is 12.8. The summed E-state index contributed by atoms with van der Waals surface area (Å²) >= 11 is 0. The molecule has 122 valence electrons. The highest BCUT2D eigenvalue weighted by molar-refractivity contribution is 6.20. The number of anilines is 1. The number of hydrogen-bond donors (Lipinski definition) is 0. The Kier molecular flexibility index (Phi) is 3.82. The van der Waals surface area contributed by atoms with Gasteiger partial charge >= 0.3 is 0 Å². The number of fused-ring (bicyclic) bond motifs is 1. The van der Waals surface area contributed by atoms with Crippen LogP contribution in [0, 0.1) is 0 Å². The molecule has 0 N–H and O–H groups in total. The van der Waals surface area contributed by atoms with E-state index in [1.807, 2.05) is 72.8 Å². The van der Waals surface area contributed by atoms with Crippen LogP contribution in [-0.4, -0.2) is 17.7 Å². The number of carbonyl (C=O) groups excluding carboxylic acids is 1. The smallest absolute Gasteiger partial charge is 0.269 e. The molecular formula is C20H16N4O. The highest BCUT2D eigenvalue weighted by Crippen LogP contribution is 2.30. The van der Waals surface area contributed by atoms with Crippen LogP contribution in [0.25, 0.3) is 10.8 Å². The van der Waals surface area contributed by atoms with Gasteiger partial charge in [-0.25, -0.2) is 0 Å². The Morgan fingerprint density at radius 2 is 1.64 bits per heavy atom. The van der Waals surface area contributed by atoms with E-state index in [4.69, 9.17) is 0 Å². The Bertz CT molecular complexity index is 990. The van der Waals surface area contributed by atoms with Crippen LogP contribution in [0.1, 0.15) is 6.92 Å². The summed E-state index contributed by atoms with van der Waals surface area (Å²) in [5.41, 5.74) is 2.11. The van der Waals surface area contributed by atoms with E-state index in [9.17, 15) is 4.79 Å². The Morgan fingerprint density at radius 1 is 0.920 bits per heavy atom. The largest absolute Gasteiger partial charge is 0.280 e. The number of rotatable bonds is 3. The molecule has 0 aliphatic carbocycles. The lowest BCUT2D eigenvalue weighted by molar-refractivity contribution is -0.117. The molecule has 0 radical (unpaired) electrons. The fourth-order valence-corrected chi connectivity index (χ4v) is 2.87. The van der Waals surface area contributed by atoms with Gasteiger partial charge in [0.15, 0.2) is 6.04 Å². The van der Waals surface area contributed by atoms with Gasteiger partial charge in [0.25, 0.3) is 5.91 Å². The molecule has 5 nitrogen and oxygen atoms in total. The van der Waals surface area contributed by atoms with Gasteiger partial charge in [-0.15, -0.1) is 0 Å². The van der Waals surface area contributed by atoms with Gasteiger partial charge in [-0.1, -0.05) is 54.6 Å². The Labute approximate surface area is 145 Å². The molecular weight excluding hydrogens is 312 g/mol. The van der Waals surface area contributed by atoms with Crippen LogP contribution in [0.5, 0.6) is 0 Å². The van der Waals surface area contributed by atoms with Crippen molar-refractivity contribution in [1.82, 2.24) is 0 Å². The summed E-state index contributed by atoms with van der Waals surface area (Å²) in [6.07, 6.45) is 0. The number of nitrogens with zero attached hydrogens (tertiary/aromatic N) is 4. The second-order valence-electron chi connectivity index (χ2n) is 5.84. The van der Waals surface area contributed by atoms with Crippen molar-refractivity contribution >= 4 is 33.8 Å². The third kappa shape index (κ3) is 2.80. The van der Waals surface area contributed by atoms with E-state index in [0.717, 1.165) is 16.5 Å². The lowest BCUT2D eigenvalue weighted by Gasteiger charge is -2.15. The van der Waals surface area contributed by atoms with Crippen LogP contribution < -0.4 is 5.01 Å². The molecule has 5 heteroatoms. The van der Waals surface area contributed by atoms with Crippen LogP contribution in [0.3, 0.4) is 0 Å². The van der Waals surface area contributed by atoms with Crippen molar-refractivity contribution in [2.24, 2.45) is 15.3 Å². The Hall–Kier alpha value is -3.34. The molecule has 1 heterocycles. The molecule has 1 amide bonds. The minimum absolute atomic E-state index is 0.187. The number of hydrazone groups is 1. The number of benzene rings is 3. The topological polar surface area (TPSA) is 57.4 Å². The molecule has 0 unspecified atom stereocenters. The van der Waals surface area contributed by atoms with Crippen molar-refractivity contribution in [3.05, 3.63) is 72.8 Å². The molecule has 0 spiro atoms. The highest BCUT2D eigenvalue weighted by atomic mass is 16.2. The van der Waals surface area contributed by atoms with Crippen LogP contribution in [-0.2, 0) is 4.79 Å². The molecule has 3 aromatic rings. The zero-order valence-corrected chi connectivity index (χ0v) is 13.7. The second kappa shape index (κ2) is 6.28. The molecule has 25 heavy (non-hydrogen) atoms. The summed E-state index contributed by atoms with van der Waals surface area (Å²) in [6.45, 7) is 1.80. The summed E-state index contributed by atoms with van der Waals surface area (Å²) in [5.74, 6) is -0.187. The van der Waals surface area contributed by atoms with E-state index in [-0.39, 0.29) is 5.91 Å². The van der Waals surface area contributed by atoms with Gasteiger partial charge in [0.05, 0.1) is 17.1 Å². The van der Waals surface area contributed by atoms with Crippen molar-refractivity contribution in [1.29, 1.82) is 0 Å². The van der Waals surface area contributed by atoms with Gasteiger partial charge in [-0.3, -0.25) is 4.79 Å². The van der Waals surface area contributed by atoms with Gasteiger partial charge in [-0.05, 0) is 30.5 Å². The third-order valence-electron chi connectivity index (χ3n) is 4.14. The van der Waals surface area contributed by atoms with Crippen molar-refractivity contribution in [2.45, 2.75) is 13.0 Å². The van der Waals surface area contributed by atoms with E-state index in [2.05, 4.69) is 15.3 Å². The predicted octanol–water partition coefficient (Wildman–Crippen LogP) is 4.71. The van der Waals surface area contributed by atoms with Crippen LogP contribution >= 0.6 is 0 Å². The monoisotopic (exact) mass is 328 g/mol. The standard InChI is InChI=1S/C20H16N4O/c1-14-19(22-21-16-10-3-2-4-11-16)20(25)24(23-14)18-13-7-9-15-8-5-6-12-17(15)18/h2-13,19H,1H3/t19-/m0/s1. The maximum absolute atomic E-state index is 12.8. The Balaban J connectivity index is 1.67. The molecule has 0 bridgehead atoms. The maximum atomic E-state index is 12.8. The quantitative estimate of drug-likeness (QED) is 0.642. The molecule has 0 saturated heterocycles. The first-order chi connectivity index (χ1) is 12.2. The average molecular weight is 328 g/mol. The van der Waals surface area contributed by atoms with Crippen molar-refractivity contribution in [2.75, 3.05) is 5.01 Å². The predicted molar refractivity (Wildman–Crippen MR) is 99.3 cm³/mol. The average Bonchev–Trinajstić information content (AvgIpc) is 2.94. The van der Waals surface area contributed by atoms with E-state index < -0.39 is 6.04 Å². The molecule has 4 rings (SSSR count). The lowest BCUT2D eigenvalue weighted by Crippen LogP contribution is -2.29. The fourth-order valence-electron chi connectivity index (χ4n) is 2.87. The van der Waals surface area contributed by atoms with Gasteiger partial charge in [0, 0.05) is 5.39 Å². The Morgan fingerprint density at radius 3 is 2.48 bits per heavy atom. The van der Waals surface area contributed by atoms with Crippen molar-refractivity contribution in [3.63, 3.8) is 0 Å².